The molecule has 1 aliphatic heterocycles. The normalized spacial score (nSPS) is 20.2. The second-order valence-corrected chi connectivity index (χ2v) is 5.20. The minimum Gasteiger partial charge on any atom is -0.316 e. The van der Waals surface area contributed by atoms with Gasteiger partial charge in [-0.05, 0) is 49.5 Å². The molecule has 0 amide bonds. The van der Waals surface area contributed by atoms with Crippen molar-refractivity contribution < 1.29 is 4.79 Å². The van der Waals surface area contributed by atoms with Gasteiger partial charge >= 0.3 is 0 Å². The van der Waals surface area contributed by atoms with Gasteiger partial charge in [-0.3, -0.25) is 4.79 Å². The zero-order valence-electron chi connectivity index (χ0n) is 9.92. The van der Waals surface area contributed by atoms with Crippen LogP contribution in [0.5, 0.6) is 0 Å². The predicted octanol–water partition coefficient (Wildman–Crippen LogP) is 2.84. The summed E-state index contributed by atoms with van der Waals surface area (Å²) in [6, 6.07) is 7.56. The second-order valence-electron chi connectivity index (χ2n) is 4.76. The third-order valence-corrected chi connectivity index (χ3v) is 3.44. The largest absolute Gasteiger partial charge is 0.316 e. The number of halogens is 1. The van der Waals surface area contributed by atoms with Gasteiger partial charge < -0.3 is 5.32 Å². The average Bonchev–Trinajstić information content (AvgIpc) is 2.30. The minimum atomic E-state index is 0.320. The van der Waals surface area contributed by atoms with Gasteiger partial charge in [-0.25, -0.2) is 0 Å². The monoisotopic (exact) mass is 251 g/mol. The van der Waals surface area contributed by atoms with Gasteiger partial charge in [0.2, 0.25) is 0 Å². The Bertz CT molecular complexity index is 386. The molecular formula is C14H18ClNO. The molecule has 0 aliphatic carbocycles. The maximum atomic E-state index is 11.9. The van der Waals surface area contributed by atoms with E-state index in [9.17, 15) is 4.79 Å². The zero-order valence-corrected chi connectivity index (χ0v) is 10.7. The van der Waals surface area contributed by atoms with E-state index in [2.05, 4.69) is 5.32 Å². The van der Waals surface area contributed by atoms with E-state index >= 15 is 0 Å². The van der Waals surface area contributed by atoms with E-state index in [1.54, 1.807) is 0 Å². The lowest BCUT2D eigenvalue weighted by atomic mass is 9.92. The third kappa shape index (κ3) is 4.14. The van der Waals surface area contributed by atoms with Crippen molar-refractivity contribution in [2.75, 3.05) is 13.1 Å². The highest BCUT2D eigenvalue weighted by Crippen LogP contribution is 2.17. The summed E-state index contributed by atoms with van der Waals surface area (Å²) in [6.45, 7) is 2.08. The molecule has 1 N–H and O–H groups in total. The first-order valence-electron chi connectivity index (χ1n) is 6.21. The number of hydrogen-bond acceptors (Lipinski definition) is 2. The van der Waals surface area contributed by atoms with E-state index in [0.717, 1.165) is 18.7 Å². The van der Waals surface area contributed by atoms with E-state index in [-0.39, 0.29) is 0 Å². The summed E-state index contributed by atoms with van der Waals surface area (Å²) in [5.41, 5.74) is 1.02. The predicted molar refractivity (Wildman–Crippen MR) is 70.4 cm³/mol. The Morgan fingerprint density at radius 3 is 3.06 bits per heavy atom. The number of ketones is 1. The SMILES string of the molecule is O=C(Cc1cccc(Cl)c1)CC1CCCNC1. The number of hydrogen-bond donors (Lipinski definition) is 1. The van der Waals surface area contributed by atoms with Crippen LogP contribution in [0.15, 0.2) is 24.3 Å². The summed E-state index contributed by atoms with van der Waals surface area (Å²) in [4.78, 5) is 11.9. The Morgan fingerprint density at radius 2 is 2.35 bits per heavy atom. The second kappa shape index (κ2) is 6.18. The molecule has 1 fully saturated rings. The van der Waals surface area contributed by atoms with Crippen LogP contribution in [0.4, 0.5) is 0 Å². The molecule has 1 unspecified atom stereocenters. The lowest BCUT2D eigenvalue weighted by Gasteiger charge is -2.21. The molecule has 0 bridgehead atoms. The zero-order chi connectivity index (χ0) is 12.1. The van der Waals surface area contributed by atoms with Crippen molar-refractivity contribution in [3.63, 3.8) is 0 Å². The van der Waals surface area contributed by atoms with Crippen LogP contribution in [0, 0.1) is 5.92 Å². The standard InChI is InChI=1S/C14H18ClNO/c15-13-5-1-3-11(7-13)8-14(17)9-12-4-2-6-16-10-12/h1,3,5,7,12,16H,2,4,6,8-10H2. The van der Waals surface area contributed by atoms with Crippen molar-refractivity contribution in [2.45, 2.75) is 25.7 Å². The topological polar surface area (TPSA) is 29.1 Å². The van der Waals surface area contributed by atoms with Crippen LogP contribution in [0.2, 0.25) is 5.02 Å². The lowest BCUT2D eigenvalue weighted by molar-refractivity contribution is -0.119. The van der Waals surface area contributed by atoms with Gasteiger partial charge in [0.05, 0.1) is 0 Å². The first-order valence-corrected chi connectivity index (χ1v) is 6.58. The van der Waals surface area contributed by atoms with Crippen LogP contribution in [-0.2, 0) is 11.2 Å². The number of nitrogens with one attached hydrogen (secondary N) is 1. The van der Waals surface area contributed by atoms with E-state index in [1.165, 1.54) is 12.8 Å². The van der Waals surface area contributed by atoms with Crippen molar-refractivity contribution in [2.24, 2.45) is 5.92 Å². The van der Waals surface area contributed by atoms with Crippen LogP contribution >= 0.6 is 11.6 Å². The summed E-state index contributed by atoms with van der Waals surface area (Å²) in [7, 11) is 0. The fourth-order valence-corrected chi connectivity index (χ4v) is 2.58. The van der Waals surface area contributed by atoms with E-state index in [4.69, 9.17) is 11.6 Å². The molecule has 0 radical (unpaired) electrons. The highest BCUT2D eigenvalue weighted by molar-refractivity contribution is 6.30. The van der Waals surface area contributed by atoms with Gasteiger partial charge in [-0.2, -0.15) is 0 Å². The van der Waals surface area contributed by atoms with Gasteiger partial charge in [0.25, 0.3) is 0 Å². The van der Waals surface area contributed by atoms with Crippen LogP contribution < -0.4 is 5.32 Å². The summed E-state index contributed by atoms with van der Waals surface area (Å²) < 4.78 is 0. The molecule has 1 aromatic carbocycles. The highest BCUT2D eigenvalue weighted by Gasteiger charge is 2.16. The van der Waals surface area contributed by atoms with Crippen molar-refractivity contribution in [3.8, 4) is 0 Å². The third-order valence-electron chi connectivity index (χ3n) is 3.21. The molecule has 17 heavy (non-hydrogen) atoms. The molecular weight excluding hydrogens is 234 g/mol. The molecule has 1 aliphatic rings. The summed E-state index contributed by atoms with van der Waals surface area (Å²) in [5, 5.41) is 4.04. The Morgan fingerprint density at radius 1 is 1.47 bits per heavy atom. The molecule has 0 spiro atoms. The van der Waals surface area contributed by atoms with E-state index in [0.29, 0.717) is 29.6 Å². The van der Waals surface area contributed by atoms with Crippen LogP contribution in [0.1, 0.15) is 24.8 Å². The number of carbonyl (C=O) groups is 1. The maximum Gasteiger partial charge on any atom is 0.137 e. The van der Waals surface area contributed by atoms with Crippen molar-refractivity contribution >= 4 is 17.4 Å². The van der Waals surface area contributed by atoms with Crippen molar-refractivity contribution in [3.05, 3.63) is 34.9 Å². The number of piperidine rings is 1. The maximum absolute atomic E-state index is 11.9. The Hall–Kier alpha value is -0.860. The van der Waals surface area contributed by atoms with Gasteiger partial charge in [-0.15, -0.1) is 0 Å². The molecule has 1 aromatic rings. The van der Waals surface area contributed by atoms with Gasteiger partial charge in [0.15, 0.2) is 0 Å². The Kier molecular flexibility index (Phi) is 4.57. The number of Topliss-reactive ketones (excluding diaryl/α,β-unsaturated/α-hetero) is 1. The molecule has 2 rings (SSSR count). The molecule has 92 valence electrons. The quantitative estimate of drug-likeness (QED) is 0.892. The van der Waals surface area contributed by atoms with Crippen LogP contribution in [-0.4, -0.2) is 18.9 Å². The van der Waals surface area contributed by atoms with Crippen molar-refractivity contribution in [1.29, 1.82) is 0 Å². The molecule has 2 nitrogen and oxygen atoms in total. The lowest BCUT2D eigenvalue weighted by Crippen LogP contribution is -2.31. The van der Waals surface area contributed by atoms with E-state index < -0.39 is 0 Å². The van der Waals surface area contributed by atoms with Crippen molar-refractivity contribution in [1.82, 2.24) is 5.32 Å². The van der Waals surface area contributed by atoms with Gasteiger partial charge in [0.1, 0.15) is 5.78 Å². The Labute approximate surface area is 107 Å². The van der Waals surface area contributed by atoms with Crippen LogP contribution in [0.25, 0.3) is 0 Å². The van der Waals surface area contributed by atoms with Crippen LogP contribution in [0.3, 0.4) is 0 Å². The molecule has 1 heterocycles. The highest BCUT2D eigenvalue weighted by atomic mass is 35.5. The molecule has 0 saturated carbocycles. The molecule has 3 heteroatoms. The summed E-state index contributed by atoms with van der Waals surface area (Å²) in [6.07, 6.45) is 3.57. The summed E-state index contributed by atoms with van der Waals surface area (Å²) >= 11 is 5.90. The molecule has 1 saturated heterocycles. The van der Waals surface area contributed by atoms with Gasteiger partial charge in [0, 0.05) is 17.9 Å². The number of carbonyl (C=O) groups excluding carboxylic acids is 1. The average molecular weight is 252 g/mol. The first-order chi connectivity index (χ1) is 8.24. The Balaban J connectivity index is 1.84. The van der Waals surface area contributed by atoms with Gasteiger partial charge in [-0.1, -0.05) is 23.7 Å². The fraction of sp³-hybridized carbons (Fsp3) is 0.500. The minimum absolute atomic E-state index is 0.320. The molecule has 1 atom stereocenters. The van der Waals surface area contributed by atoms with E-state index in [1.807, 2.05) is 24.3 Å². The number of rotatable bonds is 4. The fourth-order valence-electron chi connectivity index (χ4n) is 2.37. The first kappa shape index (κ1) is 12.6. The smallest absolute Gasteiger partial charge is 0.137 e. The molecule has 0 aromatic heterocycles. The number of benzene rings is 1. The summed E-state index contributed by atoms with van der Waals surface area (Å²) in [5.74, 6) is 0.844.